The highest BCUT2D eigenvalue weighted by Crippen LogP contribution is 2.28. The van der Waals surface area contributed by atoms with Gasteiger partial charge in [0.1, 0.15) is 5.02 Å². The molecule has 5 nitrogen and oxygen atoms in total. The van der Waals surface area contributed by atoms with E-state index in [0.717, 1.165) is 16.8 Å². The lowest BCUT2D eigenvalue weighted by atomic mass is 10.00. The number of aromatic carboxylic acids is 1. The Kier molecular flexibility index (Phi) is 7.88. The molecule has 0 saturated carbocycles. The van der Waals surface area contributed by atoms with Crippen LogP contribution in [0.3, 0.4) is 0 Å². The van der Waals surface area contributed by atoms with Crippen molar-refractivity contribution >= 4 is 34.9 Å². The van der Waals surface area contributed by atoms with E-state index >= 15 is 0 Å². The molecule has 174 valence electrons. The highest BCUT2D eigenvalue weighted by atomic mass is 35.5. The molecule has 1 aromatic heterocycles. The van der Waals surface area contributed by atoms with Crippen LogP contribution in [0.4, 0.5) is 5.69 Å². The summed E-state index contributed by atoms with van der Waals surface area (Å²) in [6.07, 6.45) is 0.537. The normalized spacial score (nSPS) is 11.1. The molecule has 3 rings (SSSR count). The zero-order valence-corrected chi connectivity index (χ0v) is 20.7. The van der Waals surface area contributed by atoms with Crippen LogP contribution in [0.25, 0.3) is 0 Å². The monoisotopic (exact) mass is 486 g/mol. The summed E-state index contributed by atoms with van der Waals surface area (Å²) in [6, 6.07) is 14.6. The van der Waals surface area contributed by atoms with Gasteiger partial charge in [0.2, 0.25) is 0 Å². The average molecular weight is 487 g/mol. The van der Waals surface area contributed by atoms with Crippen molar-refractivity contribution in [2.75, 3.05) is 11.9 Å². The van der Waals surface area contributed by atoms with Crippen molar-refractivity contribution in [2.45, 2.75) is 46.2 Å². The van der Waals surface area contributed by atoms with E-state index in [0.29, 0.717) is 36.1 Å². The Morgan fingerprint density at radius 1 is 1.06 bits per heavy atom. The van der Waals surface area contributed by atoms with Crippen molar-refractivity contribution in [2.24, 2.45) is 0 Å². The highest BCUT2D eigenvalue weighted by molar-refractivity contribution is 6.34. The number of nitrogens with zero attached hydrogens (tertiary/aromatic N) is 2. The fourth-order valence-corrected chi connectivity index (χ4v) is 4.33. The predicted molar refractivity (Wildman–Crippen MR) is 135 cm³/mol. The average Bonchev–Trinajstić information content (AvgIpc) is 2.77. The van der Waals surface area contributed by atoms with Gasteiger partial charge in [0.25, 0.3) is 5.56 Å². The van der Waals surface area contributed by atoms with Gasteiger partial charge in [-0.1, -0.05) is 61.3 Å². The van der Waals surface area contributed by atoms with E-state index < -0.39 is 5.97 Å². The summed E-state index contributed by atoms with van der Waals surface area (Å²) in [5, 5.41) is 9.59. The third-order valence-electron chi connectivity index (χ3n) is 5.83. The molecule has 0 spiro atoms. The van der Waals surface area contributed by atoms with Crippen molar-refractivity contribution in [3.05, 3.63) is 96.9 Å². The third-order valence-corrected chi connectivity index (χ3v) is 6.43. The number of hydrogen-bond acceptors (Lipinski definition) is 3. The summed E-state index contributed by atoms with van der Waals surface area (Å²) in [6.45, 7) is 7.19. The minimum Gasteiger partial charge on any atom is -0.478 e. The summed E-state index contributed by atoms with van der Waals surface area (Å²) >= 11 is 12.7. The van der Waals surface area contributed by atoms with E-state index in [9.17, 15) is 9.59 Å². The first-order valence-electron chi connectivity index (χ1n) is 10.8. The van der Waals surface area contributed by atoms with Gasteiger partial charge in [-0.3, -0.25) is 4.79 Å². The van der Waals surface area contributed by atoms with Crippen LogP contribution in [-0.4, -0.2) is 22.7 Å². The number of rotatable bonds is 8. The van der Waals surface area contributed by atoms with E-state index in [1.165, 1.54) is 11.6 Å². The van der Waals surface area contributed by atoms with Crippen LogP contribution in [0.1, 0.15) is 52.5 Å². The van der Waals surface area contributed by atoms with Gasteiger partial charge in [0, 0.05) is 19.3 Å². The summed E-state index contributed by atoms with van der Waals surface area (Å²) in [5.74, 6) is -0.566. The quantitative estimate of drug-likeness (QED) is 0.413. The molecule has 0 amide bonds. The van der Waals surface area contributed by atoms with E-state index in [1.54, 1.807) is 28.8 Å². The van der Waals surface area contributed by atoms with Gasteiger partial charge in [0.15, 0.2) is 0 Å². The zero-order chi connectivity index (χ0) is 24.3. The molecule has 3 aromatic rings. The summed E-state index contributed by atoms with van der Waals surface area (Å²) < 4.78 is 1.62. The van der Waals surface area contributed by atoms with Crippen molar-refractivity contribution in [1.29, 1.82) is 0 Å². The number of carboxylic acid groups (broad SMARTS) is 1. The van der Waals surface area contributed by atoms with Crippen molar-refractivity contribution in [1.82, 2.24) is 4.57 Å². The standard InChI is InChI=1S/C26H28Cl2N2O3/c1-16(2)20-8-5-17(3)23(13-20)29(4)15-24-21(27)14-22(28)25(31)30(24)12-11-18-6-9-19(10-7-18)26(32)33/h5-10,13-14,16H,11-12,15H2,1-4H3,(H,32,33). The molecule has 1 N–H and O–H groups in total. The zero-order valence-electron chi connectivity index (χ0n) is 19.2. The fourth-order valence-electron chi connectivity index (χ4n) is 3.80. The molecule has 0 aliphatic rings. The highest BCUT2D eigenvalue weighted by Gasteiger charge is 2.17. The largest absolute Gasteiger partial charge is 0.478 e. The Morgan fingerprint density at radius 3 is 2.33 bits per heavy atom. The molecule has 0 radical (unpaired) electrons. The van der Waals surface area contributed by atoms with E-state index in [2.05, 4.69) is 43.9 Å². The number of pyridine rings is 1. The SMILES string of the molecule is Cc1ccc(C(C)C)cc1N(C)Cc1c(Cl)cc(Cl)c(=O)n1CCc1ccc(C(=O)O)cc1. The summed E-state index contributed by atoms with van der Waals surface area (Å²) in [5.41, 5.74) is 5.00. The van der Waals surface area contributed by atoms with E-state index in [1.807, 2.05) is 7.05 Å². The smallest absolute Gasteiger partial charge is 0.335 e. The molecule has 1 heterocycles. The number of aromatic nitrogens is 1. The van der Waals surface area contributed by atoms with Crippen molar-refractivity contribution in [3.8, 4) is 0 Å². The number of benzene rings is 2. The maximum absolute atomic E-state index is 12.9. The number of hydrogen-bond donors (Lipinski definition) is 1. The summed E-state index contributed by atoms with van der Waals surface area (Å²) in [7, 11) is 1.98. The first kappa shape index (κ1) is 24.9. The van der Waals surface area contributed by atoms with Gasteiger partial charge in [-0.25, -0.2) is 4.79 Å². The lowest BCUT2D eigenvalue weighted by Gasteiger charge is -2.25. The molecule has 0 fully saturated rings. The van der Waals surface area contributed by atoms with Gasteiger partial charge >= 0.3 is 5.97 Å². The van der Waals surface area contributed by atoms with Gasteiger partial charge in [0.05, 0.1) is 22.8 Å². The topological polar surface area (TPSA) is 62.5 Å². The summed E-state index contributed by atoms with van der Waals surface area (Å²) in [4.78, 5) is 26.1. The van der Waals surface area contributed by atoms with Crippen LogP contribution < -0.4 is 10.5 Å². The molecule has 33 heavy (non-hydrogen) atoms. The Hall–Kier alpha value is -2.76. The Morgan fingerprint density at radius 2 is 1.73 bits per heavy atom. The minimum absolute atomic E-state index is 0.0746. The Balaban J connectivity index is 1.91. The van der Waals surface area contributed by atoms with Gasteiger partial charge in [-0.15, -0.1) is 0 Å². The van der Waals surface area contributed by atoms with Gasteiger partial charge in [-0.05, 0) is 60.2 Å². The van der Waals surface area contributed by atoms with Crippen molar-refractivity contribution < 1.29 is 9.90 Å². The van der Waals surface area contributed by atoms with Crippen LogP contribution in [0.15, 0.2) is 53.3 Å². The number of halogens is 2. The molecule has 7 heteroatoms. The van der Waals surface area contributed by atoms with Crippen LogP contribution >= 0.6 is 23.2 Å². The first-order chi connectivity index (χ1) is 15.6. The van der Waals surface area contributed by atoms with Gasteiger partial charge < -0.3 is 14.6 Å². The molecular formula is C26H28Cl2N2O3. The van der Waals surface area contributed by atoms with Crippen LogP contribution in [0.5, 0.6) is 0 Å². The fraction of sp³-hybridized carbons (Fsp3) is 0.308. The maximum Gasteiger partial charge on any atom is 0.335 e. The lowest BCUT2D eigenvalue weighted by Crippen LogP contribution is -2.29. The second-order valence-electron chi connectivity index (χ2n) is 8.55. The second kappa shape index (κ2) is 10.4. The Bertz CT molecular complexity index is 1220. The molecule has 0 atom stereocenters. The molecule has 0 saturated heterocycles. The predicted octanol–water partition coefficient (Wildman–Crippen LogP) is 6.16. The molecule has 0 aliphatic carbocycles. The molecule has 0 aliphatic heterocycles. The number of aryl methyl sites for hydroxylation is 2. The lowest BCUT2D eigenvalue weighted by molar-refractivity contribution is 0.0697. The van der Waals surface area contributed by atoms with Crippen LogP contribution in [-0.2, 0) is 19.5 Å². The second-order valence-corrected chi connectivity index (χ2v) is 9.37. The minimum atomic E-state index is -0.971. The Labute approximate surface area is 204 Å². The molecule has 0 unspecified atom stereocenters. The number of carboxylic acids is 1. The van der Waals surface area contributed by atoms with Gasteiger partial charge in [-0.2, -0.15) is 0 Å². The van der Waals surface area contributed by atoms with Crippen LogP contribution in [0, 0.1) is 6.92 Å². The third kappa shape index (κ3) is 5.79. The molecule has 2 aromatic carbocycles. The molecule has 0 bridgehead atoms. The number of anilines is 1. The van der Waals surface area contributed by atoms with E-state index in [4.69, 9.17) is 28.3 Å². The molecular weight excluding hydrogens is 459 g/mol. The number of carbonyl (C=O) groups is 1. The van der Waals surface area contributed by atoms with E-state index in [-0.39, 0.29) is 16.1 Å². The maximum atomic E-state index is 12.9. The van der Waals surface area contributed by atoms with Crippen LogP contribution in [0.2, 0.25) is 10.0 Å². The van der Waals surface area contributed by atoms with Crippen molar-refractivity contribution in [3.63, 3.8) is 0 Å². The first-order valence-corrected chi connectivity index (χ1v) is 11.6.